The van der Waals surface area contributed by atoms with Crippen LogP contribution in [0.2, 0.25) is 0 Å². The standard InChI is InChI=1S/C19H15FN2O2/c20-16-7-4-12-21-18(16)15-10-8-14(9-11-15)17(19(23)22-24)13-5-2-1-3-6-13/h1-12,17,24H,(H,22,23). The number of halogens is 1. The summed E-state index contributed by atoms with van der Waals surface area (Å²) in [4.78, 5) is 16.1. The van der Waals surface area contributed by atoms with Crippen LogP contribution in [-0.4, -0.2) is 16.1 Å². The number of amides is 1. The number of hydrogen-bond donors (Lipinski definition) is 2. The molecule has 0 aliphatic rings. The van der Waals surface area contributed by atoms with E-state index in [1.807, 2.05) is 30.3 Å². The Bertz CT molecular complexity index is 836. The molecule has 1 unspecified atom stereocenters. The average molecular weight is 322 g/mol. The Labute approximate surface area is 138 Å². The summed E-state index contributed by atoms with van der Waals surface area (Å²) < 4.78 is 13.8. The SMILES string of the molecule is O=C(NO)C(c1ccccc1)c1ccc(-c2ncccc2F)cc1. The van der Waals surface area contributed by atoms with E-state index in [1.54, 1.807) is 29.7 Å². The Morgan fingerprint density at radius 2 is 1.62 bits per heavy atom. The van der Waals surface area contributed by atoms with Gasteiger partial charge in [0.25, 0.3) is 5.91 Å². The Morgan fingerprint density at radius 3 is 2.25 bits per heavy atom. The summed E-state index contributed by atoms with van der Waals surface area (Å²) in [7, 11) is 0. The van der Waals surface area contributed by atoms with E-state index in [4.69, 9.17) is 5.21 Å². The van der Waals surface area contributed by atoms with E-state index < -0.39 is 17.6 Å². The zero-order valence-corrected chi connectivity index (χ0v) is 12.7. The smallest absolute Gasteiger partial charge is 0.255 e. The molecule has 1 amide bonds. The van der Waals surface area contributed by atoms with Crippen molar-refractivity contribution in [3.05, 3.63) is 89.9 Å². The normalized spacial score (nSPS) is 11.8. The molecule has 3 aromatic rings. The molecule has 1 atom stereocenters. The summed E-state index contributed by atoms with van der Waals surface area (Å²) in [5, 5.41) is 9.04. The van der Waals surface area contributed by atoms with Gasteiger partial charge in [0.15, 0.2) is 0 Å². The van der Waals surface area contributed by atoms with E-state index in [9.17, 15) is 9.18 Å². The molecule has 0 saturated heterocycles. The van der Waals surface area contributed by atoms with E-state index >= 15 is 0 Å². The highest BCUT2D eigenvalue weighted by Gasteiger charge is 2.22. The van der Waals surface area contributed by atoms with Crippen molar-refractivity contribution in [2.45, 2.75) is 5.92 Å². The topological polar surface area (TPSA) is 62.2 Å². The second-order valence-electron chi connectivity index (χ2n) is 5.28. The van der Waals surface area contributed by atoms with Crippen molar-refractivity contribution in [1.29, 1.82) is 0 Å². The third-order valence-corrected chi connectivity index (χ3v) is 3.78. The molecule has 4 nitrogen and oxygen atoms in total. The van der Waals surface area contributed by atoms with Crippen molar-refractivity contribution in [3.8, 4) is 11.3 Å². The van der Waals surface area contributed by atoms with Crippen LogP contribution >= 0.6 is 0 Å². The second-order valence-corrected chi connectivity index (χ2v) is 5.28. The van der Waals surface area contributed by atoms with Gasteiger partial charge in [0, 0.05) is 11.8 Å². The summed E-state index contributed by atoms with van der Waals surface area (Å²) in [5.41, 5.74) is 4.02. The third-order valence-electron chi connectivity index (χ3n) is 3.78. The van der Waals surface area contributed by atoms with Gasteiger partial charge in [-0.15, -0.1) is 0 Å². The molecule has 0 radical (unpaired) electrons. The molecule has 0 fully saturated rings. The van der Waals surface area contributed by atoms with Crippen LogP contribution in [0.3, 0.4) is 0 Å². The number of carbonyl (C=O) groups is 1. The monoisotopic (exact) mass is 322 g/mol. The van der Waals surface area contributed by atoms with Crippen LogP contribution in [0.1, 0.15) is 17.0 Å². The van der Waals surface area contributed by atoms with Gasteiger partial charge in [-0.1, -0.05) is 54.6 Å². The predicted octanol–water partition coefficient (Wildman–Crippen LogP) is 3.53. The Morgan fingerprint density at radius 1 is 0.958 bits per heavy atom. The lowest BCUT2D eigenvalue weighted by Crippen LogP contribution is -2.27. The lowest BCUT2D eigenvalue weighted by molar-refractivity contribution is -0.129. The molecule has 120 valence electrons. The van der Waals surface area contributed by atoms with Gasteiger partial charge < -0.3 is 0 Å². The molecule has 1 aromatic heterocycles. The molecule has 0 saturated carbocycles. The Kier molecular flexibility index (Phi) is 4.63. The molecule has 2 N–H and O–H groups in total. The molecular formula is C19H15FN2O2. The maximum atomic E-state index is 13.8. The highest BCUT2D eigenvalue weighted by molar-refractivity contribution is 5.86. The van der Waals surface area contributed by atoms with Crippen LogP contribution in [0.25, 0.3) is 11.3 Å². The van der Waals surface area contributed by atoms with Crippen LogP contribution in [0.4, 0.5) is 4.39 Å². The van der Waals surface area contributed by atoms with Crippen molar-refractivity contribution < 1.29 is 14.4 Å². The maximum Gasteiger partial charge on any atom is 0.255 e. The first-order chi connectivity index (χ1) is 11.7. The molecule has 0 aliphatic heterocycles. The fourth-order valence-electron chi connectivity index (χ4n) is 2.64. The quantitative estimate of drug-likeness (QED) is 0.570. The summed E-state index contributed by atoms with van der Waals surface area (Å²) in [6.45, 7) is 0. The van der Waals surface area contributed by atoms with Gasteiger partial charge in [-0.2, -0.15) is 0 Å². The minimum absolute atomic E-state index is 0.256. The van der Waals surface area contributed by atoms with Crippen molar-refractivity contribution in [2.24, 2.45) is 0 Å². The highest BCUT2D eigenvalue weighted by Crippen LogP contribution is 2.27. The van der Waals surface area contributed by atoms with E-state index in [0.717, 1.165) is 5.56 Å². The first-order valence-corrected chi connectivity index (χ1v) is 7.40. The number of rotatable bonds is 4. The van der Waals surface area contributed by atoms with E-state index in [2.05, 4.69) is 4.98 Å². The van der Waals surface area contributed by atoms with Crippen LogP contribution < -0.4 is 5.48 Å². The van der Waals surface area contributed by atoms with E-state index in [-0.39, 0.29) is 5.69 Å². The number of hydroxylamine groups is 1. The first kappa shape index (κ1) is 15.8. The van der Waals surface area contributed by atoms with Crippen LogP contribution in [0.5, 0.6) is 0 Å². The first-order valence-electron chi connectivity index (χ1n) is 7.40. The van der Waals surface area contributed by atoms with Crippen LogP contribution in [-0.2, 0) is 4.79 Å². The Balaban J connectivity index is 1.98. The van der Waals surface area contributed by atoms with Gasteiger partial charge in [0.1, 0.15) is 11.5 Å². The molecule has 1 heterocycles. The number of nitrogens with zero attached hydrogens (tertiary/aromatic N) is 1. The number of carbonyl (C=O) groups excluding carboxylic acids is 1. The minimum atomic E-state index is -0.654. The lowest BCUT2D eigenvalue weighted by Gasteiger charge is -2.16. The van der Waals surface area contributed by atoms with Crippen molar-refractivity contribution in [3.63, 3.8) is 0 Å². The minimum Gasteiger partial charge on any atom is -0.289 e. The third kappa shape index (κ3) is 3.16. The zero-order valence-electron chi connectivity index (χ0n) is 12.7. The van der Waals surface area contributed by atoms with Crippen LogP contribution in [0.15, 0.2) is 72.9 Å². The summed E-state index contributed by atoms with van der Waals surface area (Å²) >= 11 is 0. The largest absolute Gasteiger partial charge is 0.289 e. The summed E-state index contributed by atoms with van der Waals surface area (Å²) in [5.74, 6) is -1.59. The molecule has 0 spiro atoms. The van der Waals surface area contributed by atoms with Crippen molar-refractivity contribution in [2.75, 3.05) is 0 Å². The molecule has 5 heteroatoms. The molecule has 0 aliphatic carbocycles. The van der Waals surface area contributed by atoms with Gasteiger partial charge >= 0.3 is 0 Å². The van der Waals surface area contributed by atoms with Crippen molar-refractivity contribution in [1.82, 2.24) is 10.5 Å². The summed E-state index contributed by atoms with van der Waals surface area (Å²) in [6.07, 6.45) is 1.53. The highest BCUT2D eigenvalue weighted by atomic mass is 19.1. The fourth-order valence-corrected chi connectivity index (χ4v) is 2.64. The molecular weight excluding hydrogens is 307 g/mol. The van der Waals surface area contributed by atoms with E-state index in [1.165, 1.54) is 18.3 Å². The fraction of sp³-hybridized carbons (Fsp3) is 0.0526. The van der Waals surface area contributed by atoms with E-state index in [0.29, 0.717) is 11.1 Å². The maximum absolute atomic E-state index is 13.8. The molecule has 3 rings (SSSR count). The number of benzene rings is 2. The number of hydrogen-bond acceptors (Lipinski definition) is 3. The molecule has 0 bridgehead atoms. The summed E-state index contributed by atoms with van der Waals surface area (Å²) in [6, 6.07) is 18.9. The van der Waals surface area contributed by atoms with Gasteiger partial charge in [-0.25, -0.2) is 9.87 Å². The number of nitrogens with one attached hydrogen (secondary N) is 1. The average Bonchev–Trinajstić information content (AvgIpc) is 2.64. The lowest BCUT2D eigenvalue weighted by atomic mass is 9.90. The van der Waals surface area contributed by atoms with Crippen molar-refractivity contribution >= 4 is 5.91 Å². The van der Waals surface area contributed by atoms with Gasteiger partial charge in [-0.3, -0.25) is 15.0 Å². The molecule has 24 heavy (non-hydrogen) atoms. The number of aromatic nitrogens is 1. The Hall–Kier alpha value is -3.05. The van der Waals surface area contributed by atoms with Gasteiger partial charge in [0.2, 0.25) is 0 Å². The number of pyridine rings is 1. The predicted molar refractivity (Wildman–Crippen MR) is 87.8 cm³/mol. The van der Waals surface area contributed by atoms with Crippen LogP contribution in [0, 0.1) is 5.82 Å². The zero-order chi connectivity index (χ0) is 16.9. The van der Waals surface area contributed by atoms with Gasteiger partial charge in [-0.05, 0) is 23.3 Å². The second kappa shape index (κ2) is 7.02. The van der Waals surface area contributed by atoms with Gasteiger partial charge in [0.05, 0.1) is 5.92 Å². The molecule has 2 aromatic carbocycles.